The molecular formula is C21H23N3OSW. The molecule has 2 aromatic carbocycles. The van der Waals surface area contributed by atoms with Gasteiger partial charge in [0.05, 0.1) is 0 Å². The van der Waals surface area contributed by atoms with Crippen LogP contribution in [0.3, 0.4) is 0 Å². The Kier molecular flexibility index (Phi) is 13.3. The maximum absolute atomic E-state index is 9.79. The molecule has 140 valence electrons. The molecule has 0 aliphatic carbocycles. The van der Waals surface area contributed by atoms with Crippen LogP contribution in [0.1, 0.15) is 5.56 Å². The van der Waals surface area contributed by atoms with Gasteiger partial charge >= 0.3 is 0 Å². The number of rotatable bonds is 6. The Morgan fingerprint density at radius 1 is 1.04 bits per heavy atom. The van der Waals surface area contributed by atoms with Crippen LogP contribution in [0.5, 0.6) is 0 Å². The summed E-state index contributed by atoms with van der Waals surface area (Å²) < 4.78 is 0. The van der Waals surface area contributed by atoms with Crippen LogP contribution in [0.15, 0.2) is 114 Å². The molecule has 0 bridgehead atoms. The Morgan fingerprint density at radius 3 is 2.07 bits per heavy atom. The molecule has 0 saturated heterocycles. The zero-order valence-electron chi connectivity index (χ0n) is 14.8. The maximum atomic E-state index is 9.79. The second-order valence-electron chi connectivity index (χ2n) is 4.91. The molecular weight excluding hydrogens is 526 g/mol. The molecule has 0 aliphatic heterocycles. The number of allylic oxidation sites excluding steroid dienone is 3. The first kappa shape index (κ1) is 24.5. The summed E-state index contributed by atoms with van der Waals surface area (Å²) in [6.07, 6.45) is 6.64. The van der Waals surface area contributed by atoms with Gasteiger partial charge in [-0.3, -0.25) is 0 Å². The summed E-state index contributed by atoms with van der Waals surface area (Å²) in [4.78, 5) is 4.75. The normalized spacial score (nSPS) is 11.4. The van der Waals surface area contributed by atoms with E-state index in [4.69, 9.17) is 5.73 Å². The van der Waals surface area contributed by atoms with Gasteiger partial charge in [0.2, 0.25) is 5.90 Å². The van der Waals surface area contributed by atoms with Crippen molar-refractivity contribution in [3.05, 3.63) is 115 Å². The summed E-state index contributed by atoms with van der Waals surface area (Å²) in [6.45, 7) is 6.96. The molecule has 0 fully saturated rings. The van der Waals surface area contributed by atoms with Gasteiger partial charge in [-0.25, -0.2) is 0 Å². The zero-order valence-corrected chi connectivity index (χ0v) is 18.7. The number of hydrogen-bond donors (Lipinski definition) is 4. The Labute approximate surface area is 180 Å². The third-order valence-corrected chi connectivity index (χ3v) is 3.26. The van der Waals surface area contributed by atoms with E-state index < -0.39 is 0 Å². The van der Waals surface area contributed by atoms with E-state index in [-0.39, 0.29) is 32.8 Å². The summed E-state index contributed by atoms with van der Waals surface area (Å²) in [6, 6.07) is 18.6. The van der Waals surface area contributed by atoms with Gasteiger partial charge in [-0.15, -0.1) is 12.6 Å². The van der Waals surface area contributed by atoms with Crippen molar-refractivity contribution in [2.24, 2.45) is 10.7 Å². The van der Waals surface area contributed by atoms with Crippen molar-refractivity contribution in [2.75, 3.05) is 5.32 Å². The number of aliphatic hydroxyl groups excluding tert-OH is 1. The molecule has 2 rings (SSSR count). The van der Waals surface area contributed by atoms with Crippen LogP contribution in [-0.2, 0) is 21.1 Å². The first-order valence-electron chi connectivity index (χ1n) is 7.81. The smallest absolute Gasteiger partial charge is 0.220 e. The van der Waals surface area contributed by atoms with Crippen molar-refractivity contribution in [1.29, 1.82) is 0 Å². The molecule has 0 atom stereocenters. The van der Waals surface area contributed by atoms with E-state index in [1.54, 1.807) is 30.4 Å². The summed E-state index contributed by atoms with van der Waals surface area (Å²) in [5, 5.41) is 12.8. The molecule has 6 heteroatoms. The number of hydrogen-bond acceptors (Lipinski definition) is 4. The number of anilines is 1. The van der Waals surface area contributed by atoms with Gasteiger partial charge < -0.3 is 16.2 Å². The number of nitrogens with zero attached hydrogens (tertiary/aromatic N) is 1. The van der Waals surface area contributed by atoms with Crippen molar-refractivity contribution in [3.8, 4) is 0 Å². The van der Waals surface area contributed by atoms with E-state index in [0.717, 1.165) is 10.6 Å². The molecule has 0 radical (unpaired) electrons. The molecule has 0 spiro atoms. The second kappa shape index (κ2) is 14.7. The number of benzene rings is 2. The molecule has 0 heterocycles. The van der Waals surface area contributed by atoms with Crippen molar-refractivity contribution in [2.45, 2.75) is 0 Å². The Hall–Kier alpha value is -2.49. The van der Waals surface area contributed by atoms with Crippen LogP contribution in [-0.4, -0.2) is 11.0 Å². The minimum atomic E-state index is -0.107. The quantitative estimate of drug-likeness (QED) is 0.177. The molecule has 27 heavy (non-hydrogen) atoms. The standard InChI is InChI=1S/C15H15N3O.C6H8S.W/c16-14(11-17-13-9-5-2-6-10-13)18-15(19)12-7-3-1-4-8-12;1-3-5-6(7)4-2;/h1-11,17H,16H2,(H,18,19);3-5,7H,1-2H2;/b14-11-;6-5+;. The molecule has 0 unspecified atom stereocenters. The first-order chi connectivity index (χ1) is 12.6. The fraction of sp³-hybridized carbons (Fsp3) is 0. The SMILES string of the molecule is C=C/C=C(/S)C=C.NC(=C/Nc1ccccc1)/N=C(\O)c1ccccc1.[W]. The van der Waals surface area contributed by atoms with Gasteiger partial charge in [0.25, 0.3) is 0 Å². The maximum Gasteiger partial charge on any atom is 0.220 e. The van der Waals surface area contributed by atoms with Gasteiger partial charge in [0.1, 0.15) is 5.82 Å². The van der Waals surface area contributed by atoms with Gasteiger partial charge in [-0.1, -0.05) is 61.7 Å². The average Bonchev–Trinajstić information content (AvgIpc) is 2.68. The first-order valence-corrected chi connectivity index (χ1v) is 8.26. The molecule has 0 amide bonds. The third kappa shape index (κ3) is 11.0. The van der Waals surface area contributed by atoms with Crippen molar-refractivity contribution < 1.29 is 26.2 Å². The third-order valence-electron chi connectivity index (χ3n) is 2.93. The fourth-order valence-corrected chi connectivity index (χ4v) is 1.79. The predicted octanol–water partition coefficient (Wildman–Crippen LogP) is 5.03. The van der Waals surface area contributed by atoms with Crippen molar-refractivity contribution in [1.82, 2.24) is 0 Å². The number of nitrogens with one attached hydrogen (secondary N) is 1. The molecule has 0 aromatic heterocycles. The number of thiol groups is 1. The summed E-state index contributed by atoms with van der Waals surface area (Å²) in [5.41, 5.74) is 7.24. The van der Waals surface area contributed by atoms with Crippen LogP contribution >= 0.6 is 12.6 Å². The minimum absolute atomic E-state index is 0. The van der Waals surface area contributed by atoms with Crippen LogP contribution < -0.4 is 11.1 Å². The largest absolute Gasteiger partial charge is 0.493 e. The van der Waals surface area contributed by atoms with Crippen LogP contribution in [0, 0.1) is 0 Å². The van der Waals surface area contributed by atoms with Gasteiger partial charge in [0, 0.05) is 43.4 Å². The van der Waals surface area contributed by atoms with Crippen molar-refractivity contribution in [3.63, 3.8) is 0 Å². The summed E-state index contributed by atoms with van der Waals surface area (Å²) in [7, 11) is 0. The second-order valence-corrected chi connectivity index (χ2v) is 5.43. The molecule has 2 aromatic rings. The van der Waals surface area contributed by atoms with E-state index in [2.05, 4.69) is 36.1 Å². The minimum Gasteiger partial charge on any atom is -0.493 e. The van der Waals surface area contributed by atoms with Crippen LogP contribution in [0.25, 0.3) is 0 Å². The molecule has 0 aliphatic rings. The number of aliphatic hydroxyl groups is 1. The topological polar surface area (TPSA) is 70.6 Å². The average molecular weight is 549 g/mol. The van der Waals surface area contributed by atoms with Gasteiger partial charge in [-0.2, -0.15) is 4.99 Å². The predicted molar refractivity (Wildman–Crippen MR) is 115 cm³/mol. The van der Waals surface area contributed by atoms with Crippen LogP contribution in [0.4, 0.5) is 5.69 Å². The Balaban J connectivity index is 0.000000728. The van der Waals surface area contributed by atoms with Crippen LogP contribution in [0.2, 0.25) is 0 Å². The molecule has 4 N–H and O–H groups in total. The van der Waals surface area contributed by atoms with E-state index in [9.17, 15) is 5.11 Å². The van der Waals surface area contributed by atoms with Gasteiger partial charge in [0.15, 0.2) is 0 Å². The van der Waals surface area contributed by atoms with E-state index in [1.165, 1.54) is 6.20 Å². The summed E-state index contributed by atoms with van der Waals surface area (Å²) in [5.74, 6) is 0.0921. The van der Waals surface area contributed by atoms with E-state index in [1.807, 2.05) is 48.5 Å². The van der Waals surface area contributed by atoms with E-state index in [0.29, 0.717) is 5.56 Å². The van der Waals surface area contributed by atoms with Gasteiger partial charge in [-0.05, 0) is 30.3 Å². The van der Waals surface area contributed by atoms with Crippen molar-refractivity contribution >= 4 is 24.2 Å². The monoisotopic (exact) mass is 549 g/mol. The molecule has 0 saturated carbocycles. The Bertz CT molecular complexity index is 788. The number of aliphatic imine (C=N–C) groups is 1. The summed E-state index contributed by atoms with van der Waals surface area (Å²) >= 11 is 3.98. The van der Waals surface area contributed by atoms with E-state index >= 15 is 0 Å². The fourth-order valence-electron chi connectivity index (χ4n) is 1.69. The Morgan fingerprint density at radius 2 is 1.59 bits per heavy atom. The number of para-hydroxylation sites is 1. The zero-order chi connectivity index (χ0) is 19.2. The number of nitrogens with two attached hydrogens (primary N) is 1. The molecule has 4 nitrogen and oxygen atoms in total.